The number of benzene rings is 2. The fourth-order valence-corrected chi connectivity index (χ4v) is 2.73. The number of esters is 1. The fraction of sp³-hybridized carbons (Fsp3) is 0.167. The number of carbonyl (C=O) groups is 1. The lowest BCUT2D eigenvalue weighted by Gasteiger charge is -2.28. The second-order valence-electron chi connectivity index (χ2n) is 5.08. The van der Waals surface area contributed by atoms with Crippen LogP contribution in [0.25, 0.3) is 5.70 Å². The van der Waals surface area contributed by atoms with Gasteiger partial charge < -0.3 is 10.1 Å². The third kappa shape index (κ3) is 2.31. The van der Waals surface area contributed by atoms with Gasteiger partial charge >= 0.3 is 5.97 Å². The Morgan fingerprint density at radius 1 is 1.05 bits per heavy atom. The molecule has 0 spiro atoms. The van der Waals surface area contributed by atoms with Gasteiger partial charge in [0, 0.05) is 12.1 Å². The van der Waals surface area contributed by atoms with E-state index in [9.17, 15) is 4.79 Å². The minimum atomic E-state index is -0.832. The van der Waals surface area contributed by atoms with Gasteiger partial charge in [-0.1, -0.05) is 66.7 Å². The molecule has 0 amide bonds. The van der Waals surface area contributed by atoms with Gasteiger partial charge in [-0.05, 0) is 11.1 Å². The quantitative estimate of drug-likeness (QED) is 0.877. The Labute approximate surface area is 124 Å². The molecule has 0 aliphatic carbocycles. The van der Waals surface area contributed by atoms with E-state index < -0.39 is 5.54 Å². The zero-order valence-corrected chi connectivity index (χ0v) is 11.9. The van der Waals surface area contributed by atoms with E-state index in [1.54, 1.807) is 0 Å². The second kappa shape index (κ2) is 5.44. The summed E-state index contributed by atoms with van der Waals surface area (Å²) in [7, 11) is 1.43. The van der Waals surface area contributed by atoms with Gasteiger partial charge in [0.05, 0.1) is 7.11 Å². The van der Waals surface area contributed by atoms with E-state index in [4.69, 9.17) is 4.74 Å². The Bertz CT molecular complexity index is 664. The van der Waals surface area contributed by atoms with Crippen LogP contribution in [-0.4, -0.2) is 13.1 Å². The SMILES string of the molecule is COC(=O)C1(c2ccccc2)CC=C(c2ccccc2)N1. The Morgan fingerprint density at radius 3 is 2.29 bits per heavy atom. The van der Waals surface area contributed by atoms with Crippen LogP contribution < -0.4 is 5.32 Å². The smallest absolute Gasteiger partial charge is 0.336 e. The van der Waals surface area contributed by atoms with Crippen molar-refractivity contribution >= 4 is 11.7 Å². The Kier molecular flexibility index (Phi) is 3.48. The summed E-state index contributed by atoms with van der Waals surface area (Å²) >= 11 is 0. The van der Waals surface area contributed by atoms with Crippen LogP contribution in [-0.2, 0) is 15.1 Å². The van der Waals surface area contributed by atoms with Crippen LogP contribution in [0.1, 0.15) is 17.5 Å². The first-order valence-electron chi connectivity index (χ1n) is 6.94. The number of nitrogens with one attached hydrogen (secondary N) is 1. The summed E-state index contributed by atoms with van der Waals surface area (Å²) in [5.41, 5.74) is 2.12. The summed E-state index contributed by atoms with van der Waals surface area (Å²) in [6, 6.07) is 19.7. The van der Waals surface area contributed by atoms with Crippen LogP contribution in [0.15, 0.2) is 66.7 Å². The van der Waals surface area contributed by atoms with Gasteiger partial charge in [0.25, 0.3) is 0 Å². The van der Waals surface area contributed by atoms with E-state index in [-0.39, 0.29) is 5.97 Å². The average molecular weight is 279 g/mol. The number of methoxy groups -OCH3 is 1. The summed E-state index contributed by atoms with van der Waals surface area (Å²) in [6.07, 6.45) is 2.63. The number of carbonyl (C=O) groups excluding carboxylic acids is 1. The molecule has 0 saturated carbocycles. The molecule has 1 heterocycles. The Hall–Kier alpha value is -2.55. The fourth-order valence-electron chi connectivity index (χ4n) is 2.73. The van der Waals surface area contributed by atoms with Crippen molar-refractivity contribution in [3.8, 4) is 0 Å². The molecule has 1 aliphatic rings. The van der Waals surface area contributed by atoms with Gasteiger partial charge in [-0.3, -0.25) is 0 Å². The summed E-state index contributed by atoms with van der Waals surface area (Å²) < 4.78 is 5.04. The van der Waals surface area contributed by atoms with Gasteiger partial charge in [-0.2, -0.15) is 0 Å². The molecular formula is C18H17NO2. The molecule has 3 heteroatoms. The largest absolute Gasteiger partial charge is 0.467 e. The lowest BCUT2D eigenvalue weighted by molar-refractivity contribution is -0.148. The molecule has 0 aromatic heterocycles. The van der Waals surface area contributed by atoms with Crippen molar-refractivity contribution in [1.29, 1.82) is 0 Å². The highest BCUT2D eigenvalue weighted by molar-refractivity contribution is 5.87. The third-order valence-corrected chi connectivity index (χ3v) is 3.85. The van der Waals surface area contributed by atoms with Crippen molar-refractivity contribution in [2.75, 3.05) is 7.11 Å². The van der Waals surface area contributed by atoms with Crippen molar-refractivity contribution < 1.29 is 9.53 Å². The number of ether oxygens (including phenoxy) is 1. The molecule has 1 aliphatic heterocycles. The summed E-state index contributed by atoms with van der Waals surface area (Å²) in [5.74, 6) is -0.268. The van der Waals surface area contributed by atoms with Crippen LogP contribution in [0.3, 0.4) is 0 Å². The van der Waals surface area contributed by atoms with E-state index in [1.807, 2.05) is 60.7 Å². The molecule has 106 valence electrons. The molecule has 0 saturated heterocycles. The maximum absolute atomic E-state index is 12.4. The number of hydrogen-bond acceptors (Lipinski definition) is 3. The molecule has 2 aromatic carbocycles. The number of rotatable bonds is 3. The maximum atomic E-state index is 12.4. The second-order valence-corrected chi connectivity index (χ2v) is 5.08. The molecule has 1 N–H and O–H groups in total. The molecule has 21 heavy (non-hydrogen) atoms. The monoisotopic (exact) mass is 279 g/mol. The lowest BCUT2D eigenvalue weighted by Crippen LogP contribution is -2.45. The molecule has 0 radical (unpaired) electrons. The summed E-state index contributed by atoms with van der Waals surface area (Å²) in [6.45, 7) is 0. The molecule has 2 aromatic rings. The zero-order chi connectivity index (χ0) is 14.7. The van der Waals surface area contributed by atoms with Crippen LogP contribution in [0.2, 0.25) is 0 Å². The predicted octanol–water partition coefficient (Wildman–Crippen LogP) is 3.09. The third-order valence-electron chi connectivity index (χ3n) is 3.85. The maximum Gasteiger partial charge on any atom is 0.336 e. The van der Waals surface area contributed by atoms with Crippen molar-refractivity contribution in [2.24, 2.45) is 0 Å². The van der Waals surface area contributed by atoms with Crippen LogP contribution in [0, 0.1) is 0 Å². The average Bonchev–Trinajstić information content (AvgIpc) is 3.02. The predicted molar refractivity (Wildman–Crippen MR) is 82.3 cm³/mol. The highest BCUT2D eigenvalue weighted by Gasteiger charge is 2.44. The highest BCUT2D eigenvalue weighted by atomic mass is 16.5. The van der Waals surface area contributed by atoms with Crippen LogP contribution in [0.4, 0.5) is 0 Å². The van der Waals surface area contributed by atoms with Crippen LogP contribution in [0.5, 0.6) is 0 Å². The Balaban J connectivity index is 1.97. The van der Waals surface area contributed by atoms with Crippen molar-refractivity contribution in [1.82, 2.24) is 5.32 Å². The van der Waals surface area contributed by atoms with Crippen molar-refractivity contribution in [3.05, 3.63) is 77.9 Å². The van der Waals surface area contributed by atoms with Crippen LogP contribution >= 0.6 is 0 Å². The minimum absolute atomic E-state index is 0.268. The standard InChI is InChI=1S/C18H17NO2/c1-21-17(20)18(15-10-6-3-7-11-15)13-12-16(19-18)14-8-4-2-5-9-14/h2-12,19H,13H2,1H3. The van der Waals surface area contributed by atoms with E-state index in [0.717, 1.165) is 16.8 Å². The molecule has 0 bridgehead atoms. The van der Waals surface area contributed by atoms with Crippen molar-refractivity contribution in [3.63, 3.8) is 0 Å². The molecule has 3 nitrogen and oxygen atoms in total. The van der Waals surface area contributed by atoms with Gasteiger partial charge in [0.15, 0.2) is 5.54 Å². The van der Waals surface area contributed by atoms with E-state index in [0.29, 0.717) is 6.42 Å². The molecular weight excluding hydrogens is 262 g/mol. The lowest BCUT2D eigenvalue weighted by atomic mass is 9.88. The van der Waals surface area contributed by atoms with E-state index in [1.165, 1.54) is 7.11 Å². The number of hydrogen-bond donors (Lipinski definition) is 1. The summed E-state index contributed by atoms with van der Waals surface area (Å²) in [4.78, 5) is 12.4. The normalized spacial score (nSPS) is 20.5. The van der Waals surface area contributed by atoms with Gasteiger partial charge in [-0.15, -0.1) is 0 Å². The zero-order valence-electron chi connectivity index (χ0n) is 11.9. The van der Waals surface area contributed by atoms with Gasteiger partial charge in [-0.25, -0.2) is 4.79 Å². The first kappa shape index (κ1) is 13.4. The molecule has 1 atom stereocenters. The molecule has 1 unspecified atom stereocenters. The van der Waals surface area contributed by atoms with E-state index >= 15 is 0 Å². The highest BCUT2D eigenvalue weighted by Crippen LogP contribution is 2.36. The first-order chi connectivity index (χ1) is 10.3. The summed E-state index contributed by atoms with van der Waals surface area (Å²) in [5, 5.41) is 3.37. The van der Waals surface area contributed by atoms with Crippen molar-refractivity contribution in [2.45, 2.75) is 12.0 Å². The van der Waals surface area contributed by atoms with Gasteiger partial charge in [0.2, 0.25) is 0 Å². The van der Waals surface area contributed by atoms with Gasteiger partial charge in [0.1, 0.15) is 0 Å². The van der Waals surface area contributed by atoms with E-state index in [2.05, 4.69) is 11.4 Å². The molecule has 3 rings (SSSR count). The topological polar surface area (TPSA) is 38.3 Å². The first-order valence-corrected chi connectivity index (χ1v) is 6.94. The Morgan fingerprint density at radius 2 is 1.67 bits per heavy atom. The molecule has 0 fully saturated rings. The minimum Gasteiger partial charge on any atom is -0.467 e.